The van der Waals surface area contributed by atoms with Gasteiger partial charge in [0.1, 0.15) is 17.0 Å². The summed E-state index contributed by atoms with van der Waals surface area (Å²) < 4.78 is 17.0. The molecule has 0 unspecified atom stereocenters. The Kier molecular flexibility index (Phi) is 2.87. The Bertz CT molecular complexity index is 1280. The summed E-state index contributed by atoms with van der Waals surface area (Å²) in [6, 6.07) is 3.31. The van der Waals surface area contributed by atoms with Crippen molar-refractivity contribution in [2.45, 2.75) is 0 Å². The Morgan fingerprint density at radius 2 is 2.04 bits per heavy atom. The molecule has 0 saturated heterocycles. The second-order valence-electron chi connectivity index (χ2n) is 6.03. The minimum atomic E-state index is -0.424. The van der Waals surface area contributed by atoms with Crippen LogP contribution in [0.3, 0.4) is 0 Å². The number of nitrogen functional groups attached to an aromatic ring is 1. The first kappa shape index (κ1) is 14.6. The Morgan fingerprint density at radius 3 is 2.85 bits per heavy atom. The summed E-state index contributed by atoms with van der Waals surface area (Å²) >= 11 is 0. The van der Waals surface area contributed by atoms with Crippen molar-refractivity contribution in [1.82, 2.24) is 34.3 Å². The Labute approximate surface area is 146 Å². The average Bonchev–Trinajstić information content (AvgIpc) is 3.31. The summed E-state index contributed by atoms with van der Waals surface area (Å²) in [6.07, 6.45) is 8.40. The molecule has 26 heavy (non-hydrogen) atoms. The number of hydrogen-bond acceptors (Lipinski definition) is 5. The maximum atomic E-state index is 13.6. The van der Waals surface area contributed by atoms with Crippen LogP contribution in [0, 0.1) is 5.82 Å². The lowest BCUT2D eigenvalue weighted by molar-refractivity contribution is 0.624. The van der Waals surface area contributed by atoms with Crippen LogP contribution in [-0.2, 0) is 7.05 Å². The summed E-state index contributed by atoms with van der Waals surface area (Å²) in [5.41, 5.74) is 9.92. The molecule has 0 atom stereocenters. The zero-order valence-corrected chi connectivity index (χ0v) is 13.7. The molecule has 9 heteroatoms. The quantitative estimate of drug-likeness (QED) is 0.510. The third kappa shape index (κ3) is 2.14. The van der Waals surface area contributed by atoms with Gasteiger partial charge in [-0.15, -0.1) is 5.10 Å². The number of anilines is 1. The van der Waals surface area contributed by atoms with E-state index in [1.54, 1.807) is 21.6 Å². The summed E-state index contributed by atoms with van der Waals surface area (Å²) in [4.78, 5) is 11.4. The second kappa shape index (κ2) is 5.12. The van der Waals surface area contributed by atoms with Crippen molar-refractivity contribution < 1.29 is 4.39 Å². The number of fused-ring (bicyclic) bond motifs is 2. The van der Waals surface area contributed by atoms with E-state index >= 15 is 0 Å². The molecule has 8 nitrogen and oxygen atoms in total. The number of halogens is 1. The van der Waals surface area contributed by atoms with Crippen molar-refractivity contribution in [3.8, 4) is 22.5 Å². The molecular weight excluding hydrogens is 335 g/mol. The molecule has 0 amide bonds. The molecule has 5 heterocycles. The van der Waals surface area contributed by atoms with Crippen LogP contribution < -0.4 is 5.73 Å². The number of rotatable bonds is 2. The normalized spacial score (nSPS) is 11.6. The van der Waals surface area contributed by atoms with Gasteiger partial charge in [0, 0.05) is 47.7 Å². The molecule has 0 radical (unpaired) electrons. The molecule has 5 rings (SSSR count). The van der Waals surface area contributed by atoms with E-state index in [1.165, 1.54) is 6.07 Å². The number of aromatic nitrogens is 7. The first-order valence-corrected chi connectivity index (χ1v) is 7.86. The second-order valence-corrected chi connectivity index (χ2v) is 6.03. The predicted octanol–water partition coefficient (Wildman–Crippen LogP) is 2.39. The van der Waals surface area contributed by atoms with Gasteiger partial charge >= 0.3 is 0 Å². The van der Waals surface area contributed by atoms with Crippen molar-refractivity contribution >= 4 is 22.4 Å². The van der Waals surface area contributed by atoms with Crippen molar-refractivity contribution in [1.29, 1.82) is 0 Å². The van der Waals surface area contributed by atoms with Gasteiger partial charge in [-0.3, -0.25) is 4.68 Å². The van der Waals surface area contributed by atoms with Gasteiger partial charge in [-0.25, -0.2) is 18.9 Å². The highest BCUT2D eigenvalue weighted by molar-refractivity contribution is 5.92. The Balaban J connectivity index is 1.70. The minimum Gasteiger partial charge on any atom is -0.382 e. The van der Waals surface area contributed by atoms with Crippen molar-refractivity contribution in [2.24, 2.45) is 7.05 Å². The summed E-state index contributed by atoms with van der Waals surface area (Å²) in [5.74, 6) is 0.304. The van der Waals surface area contributed by atoms with Gasteiger partial charge < -0.3 is 10.7 Å². The van der Waals surface area contributed by atoms with E-state index in [4.69, 9.17) is 5.73 Å². The smallest absolute Gasteiger partial charge is 0.184 e. The summed E-state index contributed by atoms with van der Waals surface area (Å²) in [5, 5.41) is 9.32. The molecule has 0 fully saturated rings. The van der Waals surface area contributed by atoms with Crippen molar-refractivity contribution in [3.05, 3.63) is 48.9 Å². The van der Waals surface area contributed by atoms with E-state index in [0.717, 1.165) is 17.3 Å². The molecule has 0 bridgehead atoms. The number of H-pyrrole nitrogens is 1. The Hall–Kier alpha value is -3.75. The predicted molar refractivity (Wildman–Crippen MR) is 94.6 cm³/mol. The van der Waals surface area contributed by atoms with Gasteiger partial charge in [-0.1, -0.05) is 0 Å². The third-order valence-electron chi connectivity index (χ3n) is 4.27. The van der Waals surface area contributed by atoms with Crippen LogP contribution in [0.4, 0.5) is 10.2 Å². The highest BCUT2D eigenvalue weighted by Gasteiger charge is 2.15. The van der Waals surface area contributed by atoms with Crippen LogP contribution in [0.15, 0.2) is 43.1 Å². The number of aryl methyl sites for hydroxylation is 1. The minimum absolute atomic E-state index is 0.337. The van der Waals surface area contributed by atoms with Gasteiger partial charge in [0.2, 0.25) is 0 Å². The van der Waals surface area contributed by atoms with Gasteiger partial charge in [0.15, 0.2) is 11.6 Å². The first-order chi connectivity index (χ1) is 12.6. The van der Waals surface area contributed by atoms with E-state index in [0.29, 0.717) is 33.8 Å². The third-order valence-corrected chi connectivity index (χ3v) is 4.27. The molecule has 5 aromatic rings. The van der Waals surface area contributed by atoms with Gasteiger partial charge in [-0.05, 0) is 12.1 Å². The van der Waals surface area contributed by atoms with E-state index in [1.807, 2.05) is 25.5 Å². The lowest BCUT2D eigenvalue weighted by Gasteiger charge is -2.02. The molecule has 0 aliphatic rings. The number of pyridine rings is 1. The van der Waals surface area contributed by atoms with Crippen LogP contribution in [-0.4, -0.2) is 34.3 Å². The van der Waals surface area contributed by atoms with Crippen LogP contribution >= 0.6 is 0 Å². The van der Waals surface area contributed by atoms with Crippen molar-refractivity contribution in [2.75, 3.05) is 5.73 Å². The summed E-state index contributed by atoms with van der Waals surface area (Å²) in [6.45, 7) is 0. The van der Waals surface area contributed by atoms with E-state index in [2.05, 4.69) is 25.1 Å². The zero-order chi connectivity index (χ0) is 17.8. The molecule has 0 aromatic carbocycles. The fraction of sp³-hybridized carbons (Fsp3) is 0.0588. The monoisotopic (exact) mass is 348 g/mol. The van der Waals surface area contributed by atoms with Crippen LogP contribution in [0.25, 0.3) is 39.1 Å². The lowest BCUT2D eigenvalue weighted by atomic mass is 10.2. The van der Waals surface area contributed by atoms with Crippen LogP contribution in [0.2, 0.25) is 0 Å². The zero-order valence-electron chi connectivity index (χ0n) is 13.7. The molecule has 0 aliphatic heterocycles. The molecule has 0 aliphatic carbocycles. The van der Waals surface area contributed by atoms with Gasteiger partial charge in [0.25, 0.3) is 0 Å². The number of aromatic amines is 1. The Morgan fingerprint density at radius 1 is 1.15 bits per heavy atom. The van der Waals surface area contributed by atoms with Crippen LogP contribution in [0.1, 0.15) is 0 Å². The first-order valence-electron chi connectivity index (χ1n) is 7.86. The maximum Gasteiger partial charge on any atom is 0.184 e. The number of nitrogens with two attached hydrogens (primary N) is 1. The molecule has 0 saturated carbocycles. The molecular formula is C17H13FN8. The standard InChI is InChI=1S/C17H13FN8/c1-25-7-10(4-22-25)9-2-14-15(19)23-17(24-26(14)8-9)13-6-21-16-12(13)3-11(18)5-20-16/h2-8H,1H3,(H,20,21)(H2,19,23,24). The lowest BCUT2D eigenvalue weighted by Crippen LogP contribution is -2.02. The van der Waals surface area contributed by atoms with Crippen molar-refractivity contribution in [3.63, 3.8) is 0 Å². The van der Waals surface area contributed by atoms with Crippen LogP contribution in [0.5, 0.6) is 0 Å². The van der Waals surface area contributed by atoms with E-state index in [9.17, 15) is 4.39 Å². The largest absolute Gasteiger partial charge is 0.382 e. The average molecular weight is 348 g/mol. The molecule has 0 spiro atoms. The van der Waals surface area contributed by atoms with E-state index < -0.39 is 5.82 Å². The summed E-state index contributed by atoms with van der Waals surface area (Å²) in [7, 11) is 1.86. The highest BCUT2D eigenvalue weighted by atomic mass is 19.1. The van der Waals surface area contributed by atoms with Gasteiger partial charge in [0.05, 0.1) is 12.4 Å². The topological polar surface area (TPSA) is 103 Å². The SMILES string of the molecule is Cn1cc(-c2cc3c(N)nc(-c4c[nH]c5ncc(F)cc45)nn3c2)cn1. The molecule has 5 aromatic heterocycles. The highest BCUT2D eigenvalue weighted by Crippen LogP contribution is 2.29. The van der Waals surface area contributed by atoms with E-state index in [-0.39, 0.29) is 0 Å². The fourth-order valence-electron chi connectivity index (χ4n) is 3.03. The number of nitrogens with zero attached hydrogens (tertiary/aromatic N) is 6. The van der Waals surface area contributed by atoms with Gasteiger partial charge in [-0.2, -0.15) is 5.10 Å². The number of hydrogen-bond donors (Lipinski definition) is 2. The number of nitrogens with one attached hydrogen (secondary N) is 1. The maximum absolute atomic E-state index is 13.6. The molecule has 128 valence electrons. The fourth-order valence-corrected chi connectivity index (χ4v) is 3.03. The molecule has 3 N–H and O–H groups in total.